The number of para-hydroxylation sites is 1. The first kappa shape index (κ1) is 18.7. The number of aromatic nitrogens is 1. The first-order chi connectivity index (χ1) is 13.2. The summed E-state index contributed by atoms with van der Waals surface area (Å²) in [6.45, 7) is 0.644. The van der Waals surface area contributed by atoms with Crippen LogP contribution in [0.3, 0.4) is 0 Å². The molecule has 3 aromatic rings. The Labute approximate surface area is 159 Å². The molecule has 0 aliphatic rings. The van der Waals surface area contributed by atoms with E-state index in [-0.39, 0.29) is 5.91 Å². The third-order valence-corrected chi connectivity index (χ3v) is 4.42. The minimum Gasteiger partial charge on any atom is -0.492 e. The van der Waals surface area contributed by atoms with Crippen LogP contribution in [-0.4, -0.2) is 34.5 Å². The molecule has 3 N–H and O–H groups in total. The zero-order valence-corrected chi connectivity index (χ0v) is 15.0. The summed E-state index contributed by atoms with van der Waals surface area (Å²) in [6.07, 6.45) is 1.55. The van der Waals surface area contributed by atoms with E-state index in [0.717, 1.165) is 22.7 Å². The number of hydrogen-bond donors (Lipinski definition) is 3. The highest BCUT2D eigenvalue weighted by Crippen LogP contribution is 2.21. The predicted molar refractivity (Wildman–Crippen MR) is 102 cm³/mol. The molecule has 138 valence electrons. The predicted octanol–water partition coefficient (Wildman–Crippen LogP) is 3.23. The van der Waals surface area contributed by atoms with Crippen LogP contribution >= 0.6 is 11.8 Å². The van der Waals surface area contributed by atoms with Gasteiger partial charge in [-0.1, -0.05) is 18.2 Å². The summed E-state index contributed by atoms with van der Waals surface area (Å²) in [4.78, 5) is 28.2. The molecule has 0 aliphatic carbocycles. The van der Waals surface area contributed by atoms with Gasteiger partial charge in [0.2, 0.25) is 0 Å². The summed E-state index contributed by atoms with van der Waals surface area (Å²) < 4.78 is 5.56. The van der Waals surface area contributed by atoms with E-state index in [9.17, 15) is 9.59 Å². The maximum atomic E-state index is 12.2. The van der Waals surface area contributed by atoms with Gasteiger partial charge in [0.15, 0.2) is 0 Å². The highest BCUT2D eigenvalue weighted by atomic mass is 32.2. The van der Waals surface area contributed by atoms with Crippen LogP contribution in [0.1, 0.15) is 10.4 Å². The summed E-state index contributed by atoms with van der Waals surface area (Å²) in [5.74, 6) is 0.406. The molecule has 0 saturated heterocycles. The van der Waals surface area contributed by atoms with Gasteiger partial charge in [-0.3, -0.25) is 19.8 Å². The largest absolute Gasteiger partial charge is 0.492 e. The molecule has 0 atom stereocenters. The number of nitrogens with zero attached hydrogens (tertiary/aromatic N) is 1. The van der Waals surface area contributed by atoms with Crippen LogP contribution in [0.25, 0.3) is 10.9 Å². The number of ether oxygens (including phenoxy) is 1. The molecule has 0 unspecified atom stereocenters. The topological polar surface area (TPSA) is 101 Å². The van der Waals surface area contributed by atoms with Crippen molar-refractivity contribution in [2.75, 3.05) is 13.2 Å². The third kappa shape index (κ3) is 5.19. The number of pyridine rings is 1. The van der Waals surface area contributed by atoms with E-state index in [0.29, 0.717) is 29.4 Å². The number of nitrogens with one attached hydrogen (secondary N) is 2. The number of hydrogen-bond acceptors (Lipinski definition) is 6. The molecular weight excluding hydrogens is 366 g/mol. The van der Waals surface area contributed by atoms with Crippen LogP contribution in [0.15, 0.2) is 65.7 Å². The molecule has 1 aromatic heterocycles. The number of benzene rings is 2. The van der Waals surface area contributed by atoms with Crippen LogP contribution in [0.5, 0.6) is 5.75 Å². The summed E-state index contributed by atoms with van der Waals surface area (Å²) >= 11 is 0.864. The van der Waals surface area contributed by atoms with Crippen molar-refractivity contribution >= 4 is 33.8 Å². The minimum absolute atomic E-state index is 0.210. The monoisotopic (exact) mass is 383 g/mol. The quantitative estimate of drug-likeness (QED) is 0.261. The molecule has 7 nitrogen and oxygen atoms in total. The van der Waals surface area contributed by atoms with Crippen molar-refractivity contribution < 1.29 is 19.5 Å². The van der Waals surface area contributed by atoms with E-state index in [1.165, 1.54) is 0 Å². The second-order valence-corrected chi connectivity index (χ2v) is 6.54. The van der Waals surface area contributed by atoms with Crippen molar-refractivity contribution in [3.05, 3.63) is 66.4 Å². The Morgan fingerprint density at radius 3 is 2.67 bits per heavy atom. The number of hydroxylamine groups is 1. The van der Waals surface area contributed by atoms with E-state index < -0.39 is 5.24 Å². The highest BCUT2D eigenvalue weighted by molar-refractivity contribution is 8.13. The Morgan fingerprint density at radius 1 is 1.11 bits per heavy atom. The van der Waals surface area contributed by atoms with E-state index in [2.05, 4.69) is 10.3 Å². The first-order valence-corrected chi connectivity index (χ1v) is 8.95. The highest BCUT2D eigenvalue weighted by Gasteiger charge is 2.07. The lowest BCUT2D eigenvalue weighted by atomic mass is 10.1. The molecule has 0 radical (unpaired) electrons. The number of rotatable bonds is 6. The van der Waals surface area contributed by atoms with Crippen LogP contribution in [-0.2, 0) is 0 Å². The summed E-state index contributed by atoms with van der Waals surface area (Å²) in [6, 6.07) is 16.2. The lowest BCUT2D eigenvalue weighted by Crippen LogP contribution is -2.28. The second kappa shape index (κ2) is 9.02. The van der Waals surface area contributed by atoms with Crippen molar-refractivity contribution in [1.29, 1.82) is 0 Å². The fourth-order valence-corrected chi connectivity index (χ4v) is 2.90. The van der Waals surface area contributed by atoms with Gasteiger partial charge >= 0.3 is 5.24 Å². The van der Waals surface area contributed by atoms with Gasteiger partial charge in [0, 0.05) is 16.5 Å². The Bertz CT molecular complexity index is 947. The molecule has 8 heteroatoms. The smallest absolute Gasteiger partial charge is 0.307 e. The molecule has 27 heavy (non-hydrogen) atoms. The average molecular weight is 383 g/mol. The van der Waals surface area contributed by atoms with Crippen molar-refractivity contribution in [3.63, 3.8) is 0 Å². The SMILES string of the molecule is O=C(NO)Sc1ccc(OCCNC(=O)c2cnc3ccccc3c2)cc1. The van der Waals surface area contributed by atoms with Crippen molar-refractivity contribution in [2.45, 2.75) is 4.90 Å². The summed E-state index contributed by atoms with van der Waals surface area (Å²) in [5, 5.41) is 11.6. The summed E-state index contributed by atoms with van der Waals surface area (Å²) in [5.41, 5.74) is 2.89. The molecule has 0 spiro atoms. The number of carbonyl (C=O) groups excluding carboxylic acids is 2. The fourth-order valence-electron chi connectivity index (χ4n) is 2.36. The lowest BCUT2D eigenvalue weighted by Gasteiger charge is -2.08. The number of carbonyl (C=O) groups is 2. The van der Waals surface area contributed by atoms with Crippen molar-refractivity contribution in [2.24, 2.45) is 0 Å². The number of fused-ring (bicyclic) bond motifs is 1. The molecule has 3 rings (SSSR count). The number of thioether (sulfide) groups is 1. The second-order valence-electron chi connectivity index (χ2n) is 5.49. The van der Waals surface area contributed by atoms with Crippen molar-refractivity contribution in [1.82, 2.24) is 15.8 Å². The maximum absolute atomic E-state index is 12.2. The van der Waals surface area contributed by atoms with Crippen LogP contribution in [0, 0.1) is 0 Å². The van der Waals surface area contributed by atoms with E-state index in [1.807, 2.05) is 24.3 Å². The van der Waals surface area contributed by atoms with Crippen LogP contribution in [0.4, 0.5) is 4.79 Å². The van der Waals surface area contributed by atoms with Gasteiger partial charge in [-0.25, -0.2) is 5.48 Å². The molecule has 2 amide bonds. The number of amides is 2. The minimum atomic E-state index is -0.561. The van der Waals surface area contributed by atoms with Gasteiger partial charge < -0.3 is 10.1 Å². The Kier molecular flexibility index (Phi) is 6.24. The molecule has 0 fully saturated rings. The third-order valence-electron chi connectivity index (χ3n) is 3.63. The van der Waals surface area contributed by atoms with E-state index in [4.69, 9.17) is 9.94 Å². The van der Waals surface area contributed by atoms with E-state index >= 15 is 0 Å². The molecule has 0 aliphatic heterocycles. The zero-order valence-electron chi connectivity index (χ0n) is 14.2. The molecular formula is C19H17N3O4S. The van der Waals surface area contributed by atoms with E-state index in [1.54, 1.807) is 42.0 Å². The normalized spacial score (nSPS) is 10.4. The summed E-state index contributed by atoms with van der Waals surface area (Å²) in [7, 11) is 0. The van der Waals surface area contributed by atoms with Gasteiger partial charge in [-0.05, 0) is 48.2 Å². The molecule has 0 saturated carbocycles. The zero-order chi connectivity index (χ0) is 19.1. The molecule has 2 aromatic carbocycles. The molecule has 0 bridgehead atoms. The van der Waals surface area contributed by atoms with Crippen molar-refractivity contribution in [3.8, 4) is 5.75 Å². The lowest BCUT2D eigenvalue weighted by molar-refractivity contribution is 0.0947. The average Bonchev–Trinajstić information content (AvgIpc) is 2.71. The van der Waals surface area contributed by atoms with Gasteiger partial charge in [0.25, 0.3) is 5.91 Å². The van der Waals surface area contributed by atoms with Crippen LogP contribution in [0.2, 0.25) is 0 Å². The van der Waals surface area contributed by atoms with Gasteiger partial charge in [0.1, 0.15) is 12.4 Å². The Balaban J connectivity index is 1.46. The Morgan fingerprint density at radius 2 is 1.89 bits per heavy atom. The maximum Gasteiger partial charge on any atom is 0.307 e. The first-order valence-electron chi connectivity index (χ1n) is 8.13. The standard InChI is InChI=1S/C19H17N3O4S/c23-18(14-11-13-3-1-2-4-17(13)21-12-14)20-9-10-26-15-5-7-16(8-6-15)27-19(24)22-25/h1-8,11-12,25H,9-10H2,(H,20,23)(H,22,24). The fraction of sp³-hybridized carbons (Fsp3) is 0.105. The Hall–Kier alpha value is -3.10. The molecule has 1 heterocycles. The van der Waals surface area contributed by atoms with Gasteiger partial charge in [0.05, 0.1) is 17.6 Å². The van der Waals surface area contributed by atoms with Gasteiger partial charge in [-0.2, -0.15) is 0 Å². The van der Waals surface area contributed by atoms with Crippen LogP contribution < -0.4 is 15.5 Å². The van der Waals surface area contributed by atoms with Gasteiger partial charge in [-0.15, -0.1) is 0 Å².